The highest BCUT2D eigenvalue weighted by Gasteiger charge is 2.17. The van der Waals surface area contributed by atoms with Crippen molar-refractivity contribution >= 4 is 5.91 Å². The van der Waals surface area contributed by atoms with E-state index in [0.717, 1.165) is 16.9 Å². The van der Waals surface area contributed by atoms with Crippen LogP contribution in [0.5, 0.6) is 5.75 Å². The fraction of sp³-hybridized carbons (Fsp3) is 0.562. The first kappa shape index (κ1) is 17.5. The van der Waals surface area contributed by atoms with Crippen molar-refractivity contribution in [3.63, 3.8) is 0 Å². The van der Waals surface area contributed by atoms with E-state index < -0.39 is 6.10 Å². The van der Waals surface area contributed by atoms with E-state index in [1.807, 2.05) is 32.2 Å². The molecule has 2 atom stereocenters. The molecular formula is C16H26N2O3. The third-order valence-electron chi connectivity index (χ3n) is 3.35. The van der Waals surface area contributed by atoms with E-state index in [-0.39, 0.29) is 11.9 Å². The lowest BCUT2D eigenvalue weighted by molar-refractivity contribution is -0.127. The van der Waals surface area contributed by atoms with Gasteiger partial charge in [-0.25, -0.2) is 0 Å². The van der Waals surface area contributed by atoms with Crippen molar-refractivity contribution in [2.24, 2.45) is 0 Å². The molecule has 1 aromatic rings. The van der Waals surface area contributed by atoms with Crippen LogP contribution in [-0.2, 0) is 9.53 Å². The molecule has 0 aliphatic rings. The number of amides is 1. The van der Waals surface area contributed by atoms with Crippen LogP contribution in [0.15, 0.2) is 18.2 Å². The summed E-state index contributed by atoms with van der Waals surface area (Å²) in [4.78, 5) is 12.0. The van der Waals surface area contributed by atoms with Crippen LogP contribution >= 0.6 is 0 Å². The summed E-state index contributed by atoms with van der Waals surface area (Å²) < 4.78 is 10.8. The molecule has 5 nitrogen and oxygen atoms in total. The lowest BCUT2D eigenvalue weighted by atomic mass is 10.1. The van der Waals surface area contributed by atoms with Crippen molar-refractivity contribution < 1.29 is 14.3 Å². The molecule has 2 unspecified atom stereocenters. The molecule has 1 amide bonds. The predicted molar refractivity (Wildman–Crippen MR) is 83.6 cm³/mol. The van der Waals surface area contributed by atoms with Gasteiger partial charge in [0.25, 0.3) is 5.91 Å². The van der Waals surface area contributed by atoms with Crippen LogP contribution in [0, 0.1) is 6.92 Å². The summed E-state index contributed by atoms with van der Waals surface area (Å²) in [6, 6.07) is 6.19. The number of hydrogen-bond acceptors (Lipinski definition) is 4. The van der Waals surface area contributed by atoms with Crippen molar-refractivity contribution in [1.29, 1.82) is 0 Å². The Kier molecular flexibility index (Phi) is 7.19. The van der Waals surface area contributed by atoms with Crippen LogP contribution in [0.25, 0.3) is 0 Å². The van der Waals surface area contributed by atoms with Crippen LogP contribution in [-0.4, -0.2) is 39.3 Å². The molecule has 1 rings (SSSR count). The van der Waals surface area contributed by atoms with E-state index in [0.29, 0.717) is 13.2 Å². The molecule has 0 aliphatic heterocycles. The molecule has 21 heavy (non-hydrogen) atoms. The third-order valence-corrected chi connectivity index (χ3v) is 3.35. The smallest absolute Gasteiger partial charge is 0.260 e. The number of ether oxygens (including phenoxy) is 2. The van der Waals surface area contributed by atoms with Gasteiger partial charge in [-0.3, -0.25) is 4.79 Å². The van der Waals surface area contributed by atoms with Gasteiger partial charge in [-0.2, -0.15) is 0 Å². The first-order valence-corrected chi connectivity index (χ1v) is 7.20. The van der Waals surface area contributed by atoms with Gasteiger partial charge in [0.1, 0.15) is 5.75 Å². The number of methoxy groups -OCH3 is 1. The largest absolute Gasteiger partial charge is 0.481 e. The van der Waals surface area contributed by atoms with E-state index in [1.165, 1.54) is 0 Å². The van der Waals surface area contributed by atoms with Crippen molar-refractivity contribution in [2.45, 2.75) is 32.9 Å². The highest BCUT2D eigenvalue weighted by molar-refractivity contribution is 5.80. The standard InChI is InChI=1S/C16H26N2O3/c1-11-6-7-14(12(2)17-4)15(10-11)21-13(3)16(19)18-8-9-20-5/h6-7,10,12-13,17H,8-9H2,1-5H3,(H,18,19). The van der Waals surface area contributed by atoms with E-state index in [2.05, 4.69) is 17.6 Å². The van der Waals surface area contributed by atoms with Gasteiger partial charge in [-0.1, -0.05) is 12.1 Å². The molecule has 2 N–H and O–H groups in total. The zero-order chi connectivity index (χ0) is 15.8. The quantitative estimate of drug-likeness (QED) is 0.718. The molecule has 5 heteroatoms. The zero-order valence-corrected chi connectivity index (χ0v) is 13.5. The van der Waals surface area contributed by atoms with Gasteiger partial charge < -0.3 is 20.1 Å². The highest BCUT2D eigenvalue weighted by Crippen LogP contribution is 2.27. The molecule has 0 bridgehead atoms. The average molecular weight is 294 g/mol. The van der Waals surface area contributed by atoms with Crippen molar-refractivity contribution in [2.75, 3.05) is 27.3 Å². The second-order valence-electron chi connectivity index (χ2n) is 5.10. The van der Waals surface area contributed by atoms with Crippen molar-refractivity contribution in [3.05, 3.63) is 29.3 Å². The Morgan fingerprint density at radius 2 is 2.05 bits per heavy atom. The Bertz CT molecular complexity index is 463. The first-order chi connectivity index (χ1) is 9.99. The van der Waals surface area contributed by atoms with E-state index in [4.69, 9.17) is 9.47 Å². The summed E-state index contributed by atoms with van der Waals surface area (Å²) >= 11 is 0. The first-order valence-electron chi connectivity index (χ1n) is 7.20. The maximum absolute atomic E-state index is 12.0. The molecule has 1 aromatic carbocycles. The number of rotatable bonds is 8. The Labute approximate surface area is 127 Å². The number of carbonyl (C=O) groups excluding carboxylic acids is 1. The Balaban J connectivity index is 2.76. The average Bonchev–Trinajstić information content (AvgIpc) is 2.46. The second-order valence-corrected chi connectivity index (χ2v) is 5.10. The summed E-state index contributed by atoms with van der Waals surface area (Å²) in [5.74, 6) is 0.600. The number of nitrogens with one attached hydrogen (secondary N) is 2. The third kappa shape index (κ3) is 5.36. The van der Waals surface area contributed by atoms with Gasteiger partial charge in [0.05, 0.1) is 6.61 Å². The highest BCUT2D eigenvalue weighted by atomic mass is 16.5. The summed E-state index contributed by atoms with van der Waals surface area (Å²) in [6.07, 6.45) is -0.550. The van der Waals surface area contributed by atoms with Gasteiger partial charge in [0.15, 0.2) is 6.10 Å². The lowest BCUT2D eigenvalue weighted by Gasteiger charge is -2.20. The summed E-state index contributed by atoms with van der Waals surface area (Å²) in [5, 5.41) is 5.96. The fourth-order valence-corrected chi connectivity index (χ4v) is 1.92. The number of aryl methyl sites for hydroxylation is 1. The molecule has 0 spiro atoms. The van der Waals surface area contributed by atoms with Gasteiger partial charge in [0, 0.05) is 25.3 Å². The summed E-state index contributed by atoms with van der Waals surface area (Å²) in [7, 11) is 3.50. The van der Waals surface area contributed by atoms with Crippen LogP contribution in [0.4, 0.5) is 0 Å². The molecule has 0 aromatic heterocycles. The van der Waals surface area contributed by atoms with Crippen LogP contribution in [0.2, 0.25) is 0 Å². The van der Waals surface area contributed by atoms with Gasteiger partial charge in [0.2, 0.25) is 0 Å². The zero-order valence-electron chi connectivity index (χ0n) is 13.5. The summed E-state index contributed by atoms with van der Waals surface area (Å²) in [6.45, 7) is 6.78. The van der Waals surface area contributed by atoms with Crippen LogP contribution in [0.1, 0.15) is 31.0 Å². The molecule has 0 heterocycles. The normalized spacial score (nSPS) is 13.6. The van der Waals surface area contributed by atoms with Crippen molar-refractivity contribution in [3.8, 4) is 5.75 Å². The van der Waals surface area contributed by atoms with E-state index in [9.17, 15) is 4.79 Å². The topological polar surface area (TPSA) is 59.6 Å². The molecule has 0 aliphatic carbocycles. The monoisotopic (exact) mass is 294 g/mol. The molecule has 0 saturated heterocycles. The van der Waals surface area contributed by atoms with E-state index in [1.54, 1.807) is 14.0 Å². The number of benzene rings is 1. The number of hydrogen-bond donors (Lipinski definition) is 2. The predicted octanol–water partition coefficient (Wildman–Crippen LogP) is 1.81. The lowest BCUT2D eigenvalue weighted by Crippen LogP contribution is -2.38. The Morgan fingerprint density at radius 1 is 1.33 bits per heavy atom. The minimum atomic E-state index is -0.550. The molecule has 118 valence electrons. The summed E-state index contributed by atoms with van der Waals surface area (Å²) in [5.41, 5.74) is 2.14. The SMILES string of the molecule is CNC(C)c1ccc(C)cc1OC(C)C(=O)NCCOC. The second kappa shape index (κ2) is 8.64. The number of carbonyl (C=O) groups is 1. The maximum Gasteiger partial charge on any atom is 0.260 e. The van der Waals surface area contributed by atoms with Crippen molar-refractivity contribution in [1.82, 2.24) is 10.6 Å². The minimum Gasteiger partial charge on any atom is -0.481 e. The molecule has 0 fully saturated rings. The fourth-order valence-electron chi connectivity index (χ4n) is 1.92. The van der Waals surface area contributed by atoms with E-state index >= 15 is 0 Å². The maximum atomic E-state index is 12.0. The minimum absolute atomic E-state index is 0.142. The molecular weight excluding hydrogens is 268 g/mol. The van der Waals surface area contributed by atoms with Gasteiger partial charge >= 0.3 is 0 Å². The van der Waals surface area contributed by atoms with Crippen LogP contribution in [0.3, 0.4) is 0 Å². The molecule has 0 radical (unpaired) electrons. The van der Waals surface area contributed by atoms with Gasteiger partial charge in [-0.05, 0) is 39.4 Å². The van der Waals surface area contributed by atoms with Gasteiger partial charge in [-0.15, -0.1) is 0 Å². The molecule has 0 saturated carbocycles. The Hall–Kier alpha value is -1.59. The Morgan fingerprint density at radius 3 is 2.67 bits per heavy atom. The van der Waals surface area contributed by atoms with Crippen LogP contribution < -0.4 is 15.4 Å².